The number of allylic oxidation sites excluding steroid dienone is 18. The average Bonchev–Trinajstić information content (AvgIpc) is 3.74. The van der Waals surface area contributed by atoms with Crippen molar-refractivity contribution in [2.45, 2.75) is 367 Å². The molecular formula is C81H144NO8P. The van der Waals surface area contributed by atoms with E-state index in [1.165, 1.54) is 238 Å². The molecule has 0 aliphatic heterocycles. The van der Waals surface area contributed by atoms with Gasteiger partial charge in [0.05, 0.1) is 13.2 Å². The van der Waals surface area contributed by atoms with Crippen LogP contribution in [0.2, 0.25) is 0 Å². The first kappa shape index (κ1) is 87.7. The zero-order chi connectivity index (χ0) is 65.8. The first-order valence-corrected chi connectivity index (χ1v) is 39.9. The highest BCUT2D eigenvalue weighted by Gasteiger charge is 2.26. The van der Waals surface area contributed by atoms with Gasteiger partial charge in [0.25, 0.3) is 0 Å². The van der Waals surface area contributed by atoms with E-state index in [2.05, 4.69) is 123 Å². The lowest BCUT2D eigenvalue weighted by molar-refractivity contribution is -0.161. The van der Waals surface area contributed by atoms with E-state index in [9.17, 15) is 19.0 Å². The highest BCUT2D eigenvalue weighted by atomic mass is 31.2. The first-order chi connectivity index (χ1) is 44.8. The van der Waals surface area contributed by atoms with Gasteiger partial charge in [0, 0.05) is 19.4 Å². The minimum atomic E-state index is -4.40. The zero-order valence-electron chi connectivity index (χ0n) is 59.3. The Balaban J connectivity index is 3.83. The smallest absolute Gasteiger partial charge is 0.462 e. The Morgan fingerprint density at radius 3 is 0.912 bits per heavy atom. The Morgan fingerprint density at radius 1 is 0.341 bits per heavy atom. The molecule has 2 atom stereocenters. The van der Waals surface area contributed by atoms with Crippen LogP contribution in [0.1, 0.15) is 361 Å². The Labute approximate surface area is 562 Å². The van der Waals surface area contributed by atoms with Crippen LogP contribution in [0.15, 0.2) is 109 Å². The molecule has 2 unspecified atom stereocenters. The second kappa shape index (κ2) is 75.7. The van der Waals surface area contributed by atoms with Gasteiger partial charge in [-0.2, -0.15) is 0 Å². The minimum absolute atomic E-state index is 0.0521. The second-order valence-corrected chi connectivity index (χ2v) is 26.9. The summed E-state index contributed by atoms with van der Waals surface area (Å²) in [7, 11) is -4.40. The van der Waals surface area contributed by atoms with Crippen molar-refractivity contribution >= 4 is 19.8 Å². The van der Waals surface area contributed by atoms with E-state index in [0.29, 0.717) is 6.42 Å². The van der Waals surface area contributed by atoms with E-state index in [4.69, 9.17) is 24.3 Å². The lowest BCUT2D eigenvalue weighted by atomic mass is 10.0. The number of esters is 2. The van der Waals surface area contributed by atoms with Crippen LogP contribution >= 0.6 is 7.82 Å². The third kappa shape index (κ3) is 75.6. The van der Waals surface area contributed by atoms with Gasteiger partial charge < -0.3 is 20.1 Å². The van der Waals surface area contributed by atoms with Crippen molar-refractivity contribution in [3.8, 4) is 0 Å². The molecule has 3 N–H and O–H groups in total. The Hall–Kier alpha value is -3.33. The molecule has 0 aliphatic rings. The van der Waals surface area contributed by atoms with Crippen LogP contribution < -0.4 is 5.73 Å². The zero-order valence-corrected chi connectivity index (χ0v) is 60.2. The summed E-state index contributed by atoms with van der Waals surface area (Å²) in [5, 5.41) is 0. The van der Waals surface area contributed by atoms with E-state index >= 15 is 0 Å². The summed E-state index contributed by atoms with van der Waals surface area (Å²) < 4.78 is 33.2. The van der Waals surface area contributed by atoms with Crippen LogP contribution in [-0.2, 0) is 32.7 Å². The number of hydrogen-bond acceptors (Lipinski definition) is 8. The first-order valence-electron chi connectivity index (χ1n) is 38.4. The number of rotatable bonds is 72. The summed E-state index contributed by atoms with van der Waals surface area (Å²) in [6, 6.07) is 0. The van der Waals surface area contributed by atoms with E-state index in [1.54, 1.807) is 0 Å². The number of ether oxygens (including phenoxy) is 2. The third-order valence-corrected chi connectivity index (χ3v) is 17.6. The monoisotopic (exact) mass is 1290 g/mol. The van der Waals surface area contributed by atoms with Crippen molar-refractivity contribution in [2.75, 3.05) is 26.4 Å². The number of unbranched alkanes of at least 4 members (excludes halogenated alkanes) is 41. The molecule has 0 heterocycles. The molecule has 0 bridgehead atoms. The van der Waals surface area contributed by atoms with Gasteiger partial charge in [-0.15, -0.1) is 0 Å². The van der Waals surface area contributed by atoms with Crippen molar-refractivity contribution < 1.29 is 37.6 Å². The number of hydrogen-bond donors (Lipinski definition) is 2. The van der Waals surface area contributed by atoms with Crippen LogP contribution in [0.25, 0.3) is 0 Å². The molecule has 526 valence electrons. The summed E-state index contributed by atoms with van der Waals surface area (Å²) in [4.78, 5) is 35.4. The standard InChI is InChI=1S/C81H144NO8P/c1-3-5-7-9-11-13-15-17-19-21-23-25-27-29-31-33-34-35-36-37-38-39-40-41-42-43-44-46-48-50-52-54-56-58-60-62-64-66-68-70-72-74-81(84)90-79(78-89-91(85,86)88-76-75-82)77-87-80(83)73-71-69-67-65-63-61-59-57-55-53-51-49-47-45-32-30-28-26-24-22-20-18-16-14-12-10-8-6-4-2/h5,7,11,13,17,19,22-25,29,31,34-35,37-38,40-41,79H,3-4,6,8-10,12,14-16,18,20-21,26-28,30,32-33,36,39,42-78,82H2,1-2H3,(H,85,86)/b7-5-,13-11-,19-17-,24-22-,25-23-,31-29-,35-34-,38-37-,41-40-. The van der Waals surface area contributed by atoms with Crippen LogP contribution in [0.3, 0.4) is 0 Å². The van der Waals surface area contributed by atoms with Crippen LogP contribution in [0, 0.1) is 0 Å². The molecule has 10 heteroatoms. The van der Waals surface area contributed by atoms with Crippen molar-refractivity contribution in [2.24, 2.45) is 5.73 Å². The minimum Gasteiger partial charge on any atom is -0.462 e. The summed E-state index contributed by atoms with van der Waals surface area (Å²) in [5.74, 6) is -0.814. The van der Waals surface area contributed by atoms with Crippen LogP contribution in [-0.4, -0.2) is 49.3 Å². The molecule has 0 rings (SSSR count). The third-order valence-electron chi connectivity index (χ3n) is 16.6. The quantitative estimate of drug-likeness (QED) is 0.0264. The van der Waals surface area contributed by atoms with Gasteiger partial charge in [0.15, 0.2) is 6.10 Å². The molecule has 0 amide bonds. The fourth-order valence-electron chi connectivity index (χ4n) is 11.0. The lowest BCUT2D eigenvalue weighted by Crippen LogP contribution is -2.29. The van der Waals surface area contributed by atoms with Crippen molar-refractivity contribution in [3.63, 3.8) is 0 Å². The molecule has 0 aliphatic carbocycles. The van der Waals surface area contributed by atoms with Gasteiger partial charge in [-0.1, -0.05) is 354 Å². The fraction of sp³-hybridized carbons (Fsp3) is 0.753. The Morgan fingerprint density at radius 2 is 0.604 bits per heavy atom. The molecule has 0 aromatic heterocycles. The van der Waals surface area contributed by atoms with E-state index < -0.39 is 26.5 Å². The number of nitrogens with two attached hydrogens (primary N) is 1. The van der Waals surface area contributed by atoms with Gasteiger partial charge in [0.2, 0.25) is 0 Å². The second-order valence-electron chi connectivity index (χ2n) is 25.5. The number of carbonyl (C=O) groups is 2. The van der Waals surface area contributed by atoms with Crippen molar-refractivity contribution in [3.05, 3.63) is 109 Å². The molecule has 0 spiro atoms. The van der Waals surface area contributed by atoms with Crippen LogP contribution in [0.4, 0.5) is 0 Å². The number of carbonyl (C=O) groups excluding carboxylic acids is 2. The summed E-state index contributed by atoms with van der Waals surface area (Å²) >= 11 is 0. The molecule has 9 nitrogen and oxygen atoms in total. The summed E-state index contributed by atoms with van der Waals surface area (Å²) in [5.41, 5.74) is 5.41. The van der Waals surface area contributed by atoms with Crippen molar-refractivity contribution in [1.29, 1.82) is 0 Å². The SMILES string of the molecule is CC/C=C\C/C=C\C/C=C\C/C=C\C/C=C\C/C=C\C/C=C\C/C=C\CCCCCCCCCCCCCCCCCCC(=O)OC(COC(=O)CCCCCCCCCCCCCCCCCCC/C=C\CCCCCCCCCC)COP(=O)(O)OCCN. The van der Waals surface area contributed by atoms with Crippen LogP contribution in [0.5, 0.6) is 0 Å². The molecule has 0 radical (unpaired) electrons. The number of phosphoric ester groups is 1. The van der Waals surface area contributed by atoms with Gasteiger partial charge in [-0.05, 0) is 103 Å². The summed E-state index contributed by atoms with van der Waals surface area (Å²) in [6.45, 7) is 3.68. The molecule has 0 saturated heterocycles. The predicted molar refractivity (Wildman–Crippen MR) is 395 cm³/mol. The van der Waals surface area contributed by atoms with Gasteiger partial charge in [-0.25, -0.2) is 4.57 Å². The Kier molecular flexibility index (Phi) is 72.9. The molecule has 0 aromatic rings. The molecule has 91 heavy (non-hydrogen) atoms. The maximum atomic E-state index is 12.8. The predicted octanol–water partition coefficient (Wildman–Crippen LogP) is 25.6. The molecule has 0 fully saturated rings. The van der Waals surface area contributed by atoms with E-state index in [-0.39, 0.29) is 38.6 Å². The van der Waals surface area contributed by atoms with Gasteiger partial charge >= 0.3 is 19.8 Å². The van der Waals surface area contributed by atoms with Gasteiger partial charge in [-0.3, -0.25) is 18.6 Å². The van der Waals surface area contributed by atoms with Crippen molar-refractivity contribution in [1.82, 2.24) is 0 Å². The normalized spacial score (nSPS) is 13.5. The fourth-order valence-corrected chi connectivity index (χ4v) is 11.8. The highest BCUT2D eigenvalue weighted by Crippen LogP contribution is 2.43. The maximum Gasteiger partial charge on any atom is 0.472 e. The summed E-state index contributed by atoms with van der Waals surface area (Å²) in [6.07, 6.45) is 105. The largest absolute Gasteiger partial charge is 0.472 e. The number of phosphoric acid groups is 1. The maximum absolute atomic E-state index is 12.8. The molecule has 0 saturated carbocycles. The lowest BCUT2D eigenvalue weighted by Gasteiger charge is -2.19. The molecular weight excluding hydrogens is 1150 g/mol. The van der Waals surface area contributed by atoms with E-state index in [1.807, 2.05) is 0 Å². The topological polar surface area (TPSA) is 134 Å². The highest BCUT2D eigenvalue weighted by molar-refractivity contribution is 7.47. The Bertz CT molecular complexity index is 1860. The van der Waals surface area contributed by atoms with Gasteiger partial charge in [0.1, 0.15) is 6.61 Å². The molecule has 0 aromatic carbocycles. The van der Waals surface area contributed by atoms with E-state index in [0.717, 1.165) is 89.9 Å². The average molecular weight is 1290 g/mol.